The van der Waals surface area contributed by atoms with E-state index in [-0.39, 0.29) is 17.1 Å². The first-order valence-corrected chi connectivity index (χ1v) is 10.8. The molecule has 1 aromatic heterocycles. The van der Waals surface area contributed by atoms with E-state index >= 15 is 0 Å². The highest BCUT2D eigenvalue weighted by molar-refractivity contribution is 7.99. The smallest absolute Gasteiger partial charge is 0.266 e. The normalized spacial score (nSPS) is 11.0. The number of hydrogen-bond donors (Lipinski definition) is 0. The van der Waals surface area contributed by atoms with Crippen LogP contribution in [0.2, 0.25) is 5.02 Å². The van der Waals surface area contributed by atoms with Crippen LogP contribution in [0.1, 0.15) is 21.5 Å². The molecule has 4 nitrogen and oxygen atoms in total. The molecule has 0 aliphatic carbocycles. The van der Waals surface area contributed by atoms with Crippen LogP contribution in [0.15, 0.2) is 76.7 Å². The molecule has 0 radical (unpaired) electrons. The molecule has 0 saturated carbocycles. The van der Waals surface area contributed by atoms with Crippen molar-refractivity contribution in [3.63, 3.8) is 0 Å². The number of benzene rings is 3. The molecule has 0 N–H and O–H groups in total. The number of ketones is 1. The van der Waals surface area contributed by atoms with Crippen LogP contribution in [0.25, 0.3) is 16.6 Å². The van der Waals surface area contributed by atoms with Gasteiger partial charge in [0.15, 0.2) is 10.9 Å². The Kier molecular flexibility index (Phi) is 5.75. The van der Waals surface area contributed by atoms with Crippen molar-refractivity contribution in [2.24, 2.45) is 0 Å². The third kappa shape index (κ3) is 4.18. The Balaban J connectivity index is 1.78. The minimum Gasteiger partial charge on any atom is -0.293 e. The molecule has 150 valence electrons. The minimum absolute atomic E-state index is 0.0500. The van der Waals surface area contributed by atoms with Crippen molar-refractivity contribution in [2.75, 3.05) is 5.75 Å². The quantitative estimate of drug-likeness (QED) is 0.232. The second-order valence-electron chi connectivity index (χ2n) is 7.12. The van der Waals surface area contributed by atoms with Gasteiger partial charge in [0.2, 0.25) is 0 Å². The lowest BCUT2D eigenvalue weighted by atomic mass is 10.1. The number of halogens is 1. The van der Waals surface area contributed by atoms with Crippen LogP contribution in [0.4, 0.5) is 0 Å². The zero-order valence-corrected chi connectivity index (χ0v) is 18.1. The molecule has 0 bridgehead atoms. The van der Waals surface area contributed by atoms with Crippen molar-refractivity contribution < 1.29 is 4.79 Å². The van der Waals surface area contributed by atoms with Crippen molar-refractivity contribution in [1.82, 2.24) is 9.55 Å². The Labute approximate surface area is 183 Å². The number of hydrogen-bond acceptors (Lipinski definition) is 4. The van der Waals surface area contributed by atoms with E-state index in [2.05, 4.69) is 6.07 Å². The standard InChI is InChI=1S/C24H19ClN2O2S/c1-15-11-16(2)13-19(12-15)27-23(29)20-5-3-4-6-21(20)26-24(27)30-14-22(28)17-7-9-18(25)10-8-17/h3-13H,14H2,1-2H3. The maximum atomic E-state index is 13.3. The molecule has 3 aromatic carbocycles. The molecule has 0 saturated heterocycles. The summed E-state index contributed by atoms with van der Waals surface area (Å²) in [5.41, 5.74) is 3.90. The molecule has 6 heteroatoms. The number of rotatable bonds is 5. The fourth-order valence-electron chi connectivity index (χ4n) is 3.37. The van der Waals surface area contributed by atoms with Crippen LogP contribution >= 0.6 is 23.4 Å². The van der Waals surface area contributed by atoms with E-state index in [1.807, 2.05) is 44.2 Å². The van der Waals surface area contributed by atoms with Gasteiger partial charge < -0.3 is 0 Å². The van der Waals surface area contributed by atoms with Gasteiger partial charge in [-0.15, -0.1) is 0 Å². The first-order chi connectivity index (χ1) is 14.4. The van der Waals surface area contributed by atoms with E-state index in [0.717, 1.165) is 16.8 Å². The monoisotopic (exact) mass is 434 g/mol. The first kappa shape index (κ1) is 20.4. The van der Waals surface area contributed by atoms with Crippen LogP contribution in [0.5, 0.6) is 0 Å². The number of Topliss-reactive ketones (excluding diaryl/α,β-unsaturated/α-hetero) is 1. The topological polar surface area (TPSA) is 52.0 Å². The Morgan fingerprint density at radius 3 is 2.37 bits per heavy atom. The predicted octanol–water partition coefficient (Wildman–Crippen LogP) is 5.63. The summed E-state index contributed by atoms with van der Waals surface area (Å²) in [6.45, 7) is 3.99. The van der Waals surface area contributed by atoms with E-state index in [0.29, 0.717) is 26.6 Å². The first-order valence-electron chi connectivity index (χ1n) is 9.44. The average molecular weight is 435 g/mol. The highest BCUT2D eigenvalue weighted by atomic mass is 35.5. The summed E-state index contributed by atoms with van der Waals surface area (Å²) in [5.74, 6) is 0.114. The molecule has 0 spiro atoms. The number of carbonyl (C=O) groups is 1. The summed E-state index contributed by atoms with van der Waals surface area (Å²) in [6, 6.07) is 20.0. The summed E-state index contributed by atoms with van der Waals surface area (Å²) in [4.78, 5) is 30.7. The zero-order chi connectivity index (χ0) is 21.3. The fourth-order valence-corrected chi connectivity index (χ4v) is 4.40. The summed E-state index contributed by atoms with van der Waals surface area (Å²) >= 11 is 7.17. The van der Waals surface area contributed by atoms with Gasteiger partial charge in [-0.2, -0.15) is 0 Å². The van der Waals surface area contributed by atoms with E-state index in [9.17, 15) is 9.59 Å². The molecular formula is C24H19ClN2O2S. The highest BCUT2D eigenvalue weighted by Crippen LogP contribution is 2.24. The van der Waals surface area contributed by atoms with Crippen LogP contribution < -0.4 is 5.56 Å². The summed E-state index contributed by atoms with van der Waals surface area (Å²) < 4.78 is 1.60. The van der Waals surface area contributed by atoms with Crippen molar-refractivity contribution >= 4 is 40.0 Å². The van der Waals surface area contributed by atoms with E-state index in [1.165, 1.54) is 11.8 Å². The highest BCUT2D eigenvalue weighted by Gasteiger charge is 2.16. The molecule has 1 heterocycles. The molecule has 0 aliphatic heterocycles. The Bertz CT molecular complexity index is 1290. The van der Waals surface area contributed by atoms with Crippen LogP contribution in [-0.2, 0) is 0 Å². The number of carbonyl (C=O) groups excluding carboxylic acids is 1. The maximum Gasteiger partial charge on any atom is 0.266 e. The lowest BCUT2D eigenvalue weighted by Gasteiger charge is -2.14. The molecule has 0 fully saturated rings. The van der Waals surface area contributed by atoms with E-state index in [4.69, 9.17) is 16.6 Å². The van der Waals surface area contributed by atoms with Gasteiger partial charge in [0.25, 0.3) is 5.56 Å². The van der Waals surface area contributed by atoms with Crippen LogP contribution in [0, 0.1) is 13.8 Å². The largest absolute Gasteiger partial charge is 0.293 e. The van der Waals surface area contributed by atoms with Gasteiger partial charge in [0.05, 0.1) is 22.3 Å². The maximum absolute atomic E-state index is 13.3. The summed E-state index contributed by atoms with van der Waals surface area (Å²) in [7, 11) is 0. The fraction of sp³-hybridized carbons (Fsp3) is 0.125. The van der Waals surface area contributed by atoms with Gasteiger partial charge in [0.1, 0.15) is 0 Å². The SMILES string of the molecule is Cc1cc(C)cc(-n2c(SCC(=O)c3ccc(Cl)cc3)nc3ccccc3c2=O)c1. The number of thioether (sulfide) groups is 1. The lowest BCUT2D eigenvalue weighted by molar-refractivity contribution is 0.102. The van der Waals surface area contributed by atoms with Crippen LogP contribution in [0.3, 0.4) is 0 Å². The zero-order valence-electron chi connectivity index (χ0n) is 16.6. The second-order valence-corrected chi connectivity index (χ2v) is 8.50. The Morgan fingerprint density at radius 1 is 1.00 bits per heavy atom. The number of nitrogens with zero attached hydrogens (tertiary/aromatic N) is 2. The predicted molar refractivity (Wildman–Crippen MR) is 123 cm³/mol. The molecule has 4 rings (SSSR count). The molecular weight excluding hydrogens is 416 g/mol. The second kappa shape index (κ2) is 8.46. The van der Waals surface area contributed by atoms with Gasteiger partial charge >= 0.3 is 0 Å². The van der Waals surface area contributed by atoms with E-state index < -0.39 is 0 Å². The third-order valence-electron chi connectivity index (χ3n) is 4.71. The third-order valence-corrected chi connectivity index (χ3v) is 5.90. The molecule has 0 unspecified atom stereocenters. The van der Waals surface area contributed by atoms with Crippen molar-refractivity contribution in [3.8, 4) is 5.69 Å². The van der Waals surface area contributed by atoms with Gasteiger partial charge in [-0.3, -0.25) is 14.2 Å². The summed E-state index contributed by atoms with van der Waals surface area (Å²) in [5, 5.41) is 1.62. The Morgan fingerprint density at radius 2 is 1.67 bits per heavy atom. The van der Waals surface area contributed by atoms with Crippen molar-refractivity contribution in [2.45, 2.75) is 19.0 Å². The minimum atomic E-state index is -0.146. The average Bonchev–Trinajstić information content (AvgIpc) is 2.72. The number of para-hydroxylation sites is 1. The number of fused-ring (bicyclic) bond motifs is 1. The Hall–Kier alpha value is -2.89. The summed E-state index contributed by atoms with van der Waals surface area (Å²) in [6.07, 6.45) is 0. The lowest BCUT2D eigenvalue weighted by Crippen LogP contribution is -2.22. The number of aryl methyl sites for hydroxylation is 2. The molecule has 4 aromatic rings. The molecule has 0 atom stereocenters. The van der Waals surface area contributed by atoms with Crippen molar-refractivity contribution in [3.05, 3.63) is 98.8 Å². The van der Waals surface area contributed by atoms with E-state index in [1.54, 1.807) is 34.9 Å². The van der Waals surface area contributed by atoms with Crippen molar-refractivity contribution in [1.29, 1.82) is 0 Å². The molecule has 0 aliphatic rings. The van der Waals surface area contributed by atoms with Gasteiger partial charge in [-0.25, -0.2) is 4.98 Å². The molecule has 0 amide bonds. The van der Waals surface area contributed by atoms with Gasteiger partial charge in [-0.05, 0) is 73.5 Å². The van der Waals surface area contributed by atoms with Gasteiger partial charge in [0, 0.05) is 10.6 Å². The van der Waals surface area contributed by atoms with Gasteiger partial charge in [-0.1, -0.05) is 41.6 Å². The number of aromatic nitrogens is 2. The molecule has 30 heavy (non-hydrogen) atoms. The van der Waals surface area contributed by atoms with Crippen LogP contribution in [-0.4, -0.2) is 21.1 Å².